The fourth-order valence-electron chi connectivity index (χ4n) is 4.43. The minimum Gasteiger partial charge on any atom is -0.494 e. The molecule has 1 aromatic carbocycles. The van der Waals surface area contributed by atoms with Crippen molar-refractivity contribution in [2.75, 3.05) is 6.61 Å². The topological polar surface area (TPSA) is 35.5 Å². The summed E-state index contributed by atoms with van der Waals surface area (Å²) in [6, 6.07) is 7.36. The van der Waals surface area contributed by atoms with Crippen molar-refractivity contribution < 1.29 is 14.3 Å². The molecule has 0 saturated heterocycles. The Balaban J connectivity index is 1.51. The normalized spacial score (nSPS) is 29.6. The molecule has 4 unspecified atom stereocenters. The zero-order valence-electron chi connectivity index (χ0n) is 16.1. The third-order valence-electron chi connectivity index (χ3n) is 6.40. The van der Waals surface area contributed by atoms with Crippen LogP contribution in [-0.4, -0.2) is 18.7 Å². The zero-order chi connectivity index (χ0) is 18.0. The van der Waals surface area contributed by atoms with E-state index in [4.69, 9.17) is 9.47 Å². The second-order valence-electron chi connectivity index (χ2n) is 8.51. The molecule has 0 amide bonds. The number of unbranched alkanes of at least 4 members (excludes halogenated alkanes) is 2. The van der Waals surface area contributed by atoms with Gasteiger partial charge in [0.25, 0.3) is 0 Å². The molecule has 25 heavy (non-hydrogen) atoms. The van der Waals surface area contributed by atoms with Gasteiger partial charge < -0.3 is 9.47 Å². The fraction of sp³-hybridized carbons (Fsp3) is 0.682. The third kappa shape index (κ3) is 4.02. The van der Waals surface area contributed by atoms with Crippen LogP contribution in [0, 0.1) is 23.2 Å². The van der Waals surface area contributed by atoms with Crippen molar-refractivity contribution >= 4 is 5.97 Å². The lowest BCUT2D eigenvalue weighted by atomic mass is 9.88. The molecule has 0 N–H and O–H groups in total. The molecule has 0 aliphatic heterocycles. The van der Waals surface area contributed by atoms with Crippen LogP contribution in [0.3, 0.4) is 0 Å². The maximum absolute atomic E-state index is 12.5. The van der Waals surface area contributed by atoms with Crippen LogP contribution in [0.5, 0.6) is 5.75 Å². The van der Waals surface area contributed by atoms with Crippen LogP contribution in [0.2, 0.25) is 0 Å². The van der Waals surface area contributed by atoms with Gasteiger partial charge in [-0.1, -0.05) is 40.5 Å². The van der Waals surface area contributed by atoms with Crippen molar-refractivity contribution in [2.24, 2.45) is 23.2 Å². The van der Waals surface area contributed by atoms with Crippen LogP contribution in [-0.2, 0) is 4.74 Å². The molecule has 0 heterocycles. The Labute approximate surface area is 152 Å². The van der Waals surface area contributed by atoms with Crippen molar-refractivity contribution in [3.63, 3.8) is 0 Å². The Hall–Kier alpha value is -1.51. The van der Waals surface area contributed by atoms with Crippen LogP contribution in [0.15, 0.2) is 24.3 Å². The SMILES string of the molecule is CCCCCOc1ccc(C(=O)OC2CC3C(CC2C)C3(C)C)cc1. The number of carbonyl (C=O) groups excluding carboxylic acids is 1. The third-order valence-corrected chi connectivity index (χ3v) is 6.40. The summed E-state index contributed by atoms with van der Waals surface area (Å²) in [7, 11) is 0. The van der Waals surface area contributed by atoms with E-state index in [0.717, 1.165) is 37.0 Å². The van der Waals surface area contributed by atoms with Crippen LogP contribution in [0.25, 0.3) is 0 Å². The van der Waals surface area contributed by atoms with Gasteiger partial charge in [0, 0.05) is 0 Å². The van der Waals surface area contributed by atoms with E-state index in [1.807, 2.05) is 24.3 Å². The highest BCUT2D eigenvalue weighted by molar-refractivity contribution is 5.89. The van der Waals surface area contributed by atoms with Gasteiger partial charge in [-0.05, 0) is 66.7 Å². The highest BCUT2D eigenvalue weighted by atomic mass is 16.5. The minimum absolute atomic E-state index is 0.0560. The molecule has 0 spiro atoms. The molecule has 3 rings (SSSR count). The van der Waals surface area contributed by atoms with Gasteiger partial charge in [0.1, 0.15) is 11.9 Å². The van der Waals surface area contributed by atoms with E-state index in [1.165, 1.54) is 19.3 Å². The molecule has 1 aromatic rings. The van der Waals surface area contributed by atoms with Crippen LogP contribution in [0.4, 0.5) is 0 Å². The smallest absolute Gasteiger partial charge is 0.338 e. The Morgan fingerprint density at radius 3 is 2.48 bits per heavy atom. The van der Waals surface area contributed by atoms with Crippen LogP contribution < -0.4 is 4.74 Å². The summed E-state index contributed by atoms with van der Waals surface area (Å²) in [5.74, 6) is 2.61. The van der Waals surface area contributed by atoms with E-state index >= 15 is 0 Å². The van der Waals surface area contributed by atoms with E-state index in [9.17, 15) is 4.79 Å². The molecule has 3 nitrogen and oxygen atoms in total. The highest BCUT2D eigenvalue weighted by Gasteiger charge is 2.61. The predicted molar refractivity (Wildman–Crippen MR) is 99.8 cm³/mol. The molecule has 3 heteroatoms. The summed E-state index contributed by atoms with van der Waals surface area (Å²) >= 11 is 0. The quantitative estimate of drug-likeness (QED) is 0.485. The fourth-order valence-corrected chi connectivity index (χ4v) is 4.43. The number of rotatable bonds is 7. The Bertz CT molecular complexity index is 590. The summed E-state index contributed by atoms with van der Waals surface area (Å²) < 4.78 is 11.6. The molecule has 4 atom stereocenters. The Kier molecular flexibility index (Phi) is 5.41. The first-order valence-electron chi connectivity index (χ1n) is 9.87. The van der Waals surface area contributed by atoms with E-state index < -0.39 is 0 Å². The average Bonchev–Trinajstić information content (AvgIpc) is 3.12. The summed E-state index contributed by atoms with van der Waals surface area (Å²) in [4.78, 5) is 12.5. The van der Waals surface area contributed by atoms with Gasteiger partial charge >= 0.3 is 5.97 Å². The molecular weight excluding hydrogens is 312 g/mol. The molecule has 2 saturated carbocycles. The second kappa shape index (κ2) is 7.39. The van der Waals surface area contributed by atoms with Crippen molar-refractivity contribution in [2.45, 2.75) is 65.9 Å². The van der Waals surface area contributed by atoms with Crippen molar-refractivity contribution in [1.82, 2.24) is 0 Å². The molecule has 2 aliphatic carbocycles. The van der Waals surface area contributed by atoms with Crippen LogP contribution in [0.1, 0.15) is 70.2 Å². The van der Waals surface area contributed by atoms with Gasteiger partial charge in [-0.3, -0.25) is 0 Å². The van der Waals surface area contributed by atoms with Gasteiger partial charge in [-0.25, -0.2) is 4.79 Å². The van der Waals surface area contributed by atoms with E-state index in [0.29, 0.717) is 16.9 Å². The van der Waals surface area contributed by atoms with Gasteiger partial charge in [-0.15, -0.1) is 0 Å². The summed E-state index contributed by atoms with van der Waals surface area (Å²) in [6.07, 6.45) is 5.69. The lowest BCUT2D eigenvalue weighted by Gasteiger charge is -2.28. The van der Waals surface area contributed by atoms with Gasteiger partial charge in [0.05, 0.1) is 12.2 Å². The summed E-state index contributed by atoms with van der Waals surface area (Å²) in [5, 5.41) is 0. The lowest BCUT2D eigenvalue weighted by molar-refractivity contribution is 0.00306. The van der Waals surface area contributed by atoms with Crippen LogP contribution >= 0.6 is 0 Å². The number of fused-ring (bicyclic) bond motifs is 1. The second-order valence-corrected chi connectivity index (χ2v) is 8.51. The number of hydrogen-bond donors (Lipinski definition) is 0. The summed E-state index contributed by atoms with van der Waals surface area (Å²) in [5.41, 5.74) is 1.05. The lowest BCUT2D eigenvalue weighted by Crippen LogP contribution is -2.29. The van der Waals surface area contributed by atoms with E-state index in [2.05, 4.69) is 27.7 Å². The first kappa shape index (κ1) is 18.3. The molecule has 0 aromatic heterocycles. The number of hydrogen-bond acceptors (Lipinski definition) is 3. The zero-order valence-corrected chi connectivity index (χ0v) is 16.1. The molecular formula is C22H32O3. The highest BCUT2D eigenvalue weighted by Crippen LogP contribution is 2.66. The molecule has 138 valence electrons. The van der Waals surface area contributed by atoms with Crippen molar-refractivity contribution in [3.05, 3.63) is 29.8 Å². The maximum Gasteiger partial charge on any atom is 0.338 e. The van der Waals surface area contributed by atoms with E-state index in [1.54, 1.807) is 0 Å². The molecule has 0 bridgehead atoms. The number of esters is 1. The monoisotopic (exact) mass is 344 g/mol. The number of ether oxygens (including phenoxy) is 2. The van der Waals surface area contributed by atoms with Crippen molar-refractivity contribution in [3.8, 4) is 5.75 Å². The number of benzene rings is 1. The van der Waals surface area contributed by atoms with Gasteiger partial charge in [0.15, 0.2) is 0 Å². The summed E-state index contributed by atoms with van der Waals surface area (Å²) in [6.45, 7) is 9.82. The Morgan fingerprint density at radius 1 is 1.12 bits per heavy atom. The maximum atomic E-state index is 12.5. The largest absolute Gasteiger partial charge is 0.494 e. The average molecular weight is 344 g/mol. The number of carbonyl (C=O) groups is 1. The predicted octanol–water partition coefficient (Wildman–Crippen LogP) is 5.48. The first-order chi connectivity index (χ1) is 11.9. The molecule has 2 aliphatic rings. The first-order valence-corrected chi connectivity index (χ1v) is 9.87. The standard InChI is InChI=1S/C22H32O3/c1-5-6-7-12-24-17-10-8-16(9-11-17)21(23)25-20-14-19-18(13-15(20)2)22(19,3)4/h8-11,15,18-20H,5-7,12-14H2,1-4H3. The van der Waals surface area contributed by atoms with Gasteiger partial charge in [0.2, 0.25) is 0 Å². The van der Waals surface area contributed by atoms with Crippen molar-refractivity contribution in [1.29, 1.82) is 0 Å². The molecule has 2 fully saturated rings. The molecule has 0 radical (unpaired) electrons. The minimum atomic E-state index is -0.203. The van der Waals surface area contributed by atoms with E-state index in [-0.39, 0.29) is 12.1 Å². The Morgan fingerprint density at radius 2 is 1.80 bits per heavy atom. The van der Waals surface area contributed by atoms with Gasteiger partial charge in [-0.2, -0.15) is 0 Å².